The molecule has 2 atom stereocenters. The van der Waals surface area contributed by atoms with Gasteiger partial charge in [0.05, 0.1) is 10.8 Å². The van der Waals surface area contributed by atoms with E-state index >= 15 is 0 Å². The number of rotatable bonds is 12. The third kappa shape index (κ3) is 8.29. The predicted octanol–water partition coefficient (Wildman–Crippen LogP) is 7.15. The smallest absolute Gasteiger partial charge is 0.310 e. The molecule has 1 unspecified atom stereocenters. The number of carboxylic acids is 1. The molecule has 46 heavy (non-hydrogen) atoms. The van der Waals surface area contributed by atoms with Crippen LogP contribution in [0.5, 0.6) is 0 Å². The molecule has 9 heteroatoms. The second kappa shape index (κ2) is 14.7. The number of aromatic nitrogens is 2. The molecule has 2 N–H and O–H groups in total. The van der Waals surface area contributed by atoms with Crippen LogP contribution in [0.4, 0.5) is 0 Å². The summed E-state index contributed by atoms with van der Waals surface area (Å²) in [6.45, 7) is 8.83. The van der Waals surface area contributed by atoms with Crippen molar-refractivity contribution in [1.82, 2.24) is 20.2 Å². The van der Waals surface area contributed by atoms with E-state index in [1.165, 1.54) is 53.9 Å². The molecular weight excluding hydrogens is 596 g/mol. The zero-order valence-electron chi connectivity index (χ0n) is 27.4. The van der Waals surface area contributed by atoms with Crippen molar-refractivity contribution >= 4 is 34.7 Å². The third-order valence-corrected chi connectivity index (χ3v) is 10.6. The second-order valence-corrected chi connectivity index (χ2v) is 14.9. The van der Waals surface area contributed by atoms with Gasteiger partial charge >= 0.3 is 5.97 Å². The second-order valence-electron chi connectivity index (χ2n) is 13.8. The average Bonchev–Trinajstić information content (AvgIpc) is 3.53. The van der Waals surface area contributed by atoms with Crippen molar-refractivity contribution in [2.24, 2.45) is 11.8 Å². The Morgan fingerprint density at radius 1 is 1.02 bits per heavy atom. The number of carbonyl (C=O) groups excluding carboxylic acids is 2. The highest BCUT2D eigenvalue weighted by Gasteiger charge is 2.39. The molecule has 0 spiro atoms. The average molecular weight is 643 g/mol. The molecular formula is C37H46N4O4S. The highest BCUT2D eigenvalue weighted by atomic mass is 32.1. The van der Waals surface area contributed by atoms with Gasteiger partial charge in [-0.25, -0.2) is 9.97 Å². The Kier molecular flexibility index (Phi) is 10.7. The van der Waals surface area contributed by atoms with Crippen molar-refractivity contribution in [3.05, 3.63) is 75.7 Å². The van der Waals surface area contributed by atoms with Crippen molar-refractivity contribution in [3.8, 4) is 11.4 Å². The summed E-state index contributed by atoms with van der Waals surface area (Å²) >= 11 is 1.42. The van der Waals surface area contributed by atoms with Gasteiger partial charge in [0.2, 0.25) is 5.91 Å². The number of aliphatic carboxylic acids is 1. The Balaban J connectivity index is 1.24. The first-order valence-electron chi connectivity index (χ1n) is 16.5. The zero-order valence-corrected chi connectivity index (χ0v) is 28.2. The summed E-state index contributed by atoms with van der Waals surface area (Å²) in [4.78, 5) is 50.5. The molecule has 2 aromatic heterocycles. The number of carboxylic acid groups (broad SMARTS) is 1. The zero-order chi connectivity index (χ0) is 32.8. The molecule has 1 saturated heterocycles. The number of thiophene rings is 1. The lowest BCUT2D eigenvalue weighted by molar-refractivity contribution is -0.153. The fourth-order valence-corrected chi connectivity index (χ4v) is 7.06. The summed E-state index contributed by atoms with van der Waals surface area (Å²) in [7, 11) is 0. The van der Waals surface area contributed by atoms with E-state index in [0.717, 1.165) is 40.3 Å². The van der Waals surface area contributed by atoms with Crippen molar-refractivity contribution in [2.75, 3.05) is 13.1 Å². The summed E-state index contributed by atoms with van der Waals surface area (Å²) < 4.78 is 0. The van der Waals surface area contributed by atoms with Gasteiger partial charge in [-0.3, -0.25) is 14.4 Å². The first-order chi connectivity index (χ1) is 22.0. The van der Waals surface area contributed by atoms with Gasteiger partial charge in [-0.15, -0.1) is 11.3 Å². The molecule has 3 heterocycles. The van der Waals surface area contributed by atoms with Gasteiger partial charge in [-0.05, 0) is 53.9 Å². The Labute approximate surface area is 276 Å². The van der Waals surface area contributed by atoms with E-state index in [2.05, 4.69) is 49.1 Å². The SMILES string of the molecule is CCCCCC1CC=C(c2cnc(-c3ccc(C[C@H](NC(=O)c4ccc(C(C)(C)C)s4)C(=O)N4CC(C(=O)O)C4)cc3)nc2)CC1. The van der Waals surface area contributed by atoms with Crippen LogP contribution in [0.1, 0.15) is 98.3 Å². The number of nitrogens with zero attached hydrogens (tertiary/aromatic N) is 3. The summed E-state index contributed by atoms with van der Waals surface area (Å²) in [5, 5.41) is 12.2. The first kappa shape index (κ1) is 33.5. The first-order valence-corrected chi connectivity index (χ1v) is 17.4. The summed E-state index contributed by atoms with van der Waals surface area (Å²) in [5.41, 5.74) is 4.08. The standard InChI is InChI=1S/C37H46N4O4S/c1-5-6-7-8-24-9-13-26(14-10-24)28-20-38-33(39-21-28)27-15-11-25(12-16-27)19-30(35(43)41-22-29(23-41)36(44)45)40-34(42)31-17-18-32(46-31)37(2,3)4/h11-13,15-18,20-21,24,29-30H,5-10,14,19,22-23H2,1-4H3,(H,40,42)(H,44,45)/t24?,30-/m0/s1. The number of amides is 2. The maximum absolute atomic E-state index is 13.5. The van der Waals surface area contributed by atoms with Crippen molar-refractivity contribution in [2.45, 2.75) is 90.5 Å². The van der Waals surface area contributed by atoms with Gasteiger partial charge in [-0.2, -0.15) is 0 Å². The third-order valence-electron chi connectivity index (χ3n) is 9.12. The number of likely N-dealkylation sites (tertiary alicyclic amines) is 1. The minimum Gasteiger partial charge on any atom is -0.481 e. The van der Waals surface area contributed by atoms with Crippen LogP contribution >= 0.6 is 11.3 Å². The number of benzene rings is 1. The van der Waals surface area contributed by atoms with E-state index in [0.29, 0.717) is 10.7 Å². The van der Waals surface area contributed by atoms with Crippen molar-refractivity contribution in [3.63, 3.8) is 0 Å². The highest BCUT2D eigenvalue weighted by Crippen LogP contribution is 2.33. The van der Waals surface area contributed by atoms with Crippen LogP contribution < -0.4 is 5.32 Å². The van der Waals surface area contributed by atoms with Gasteiger partial charge in [0.15, 0.2) is 5.82 Å². The van der Waals surface area contributed by atoms with Crippen molar-refractivity contribution < 1.29 is 19.5 Å². The number of allylic oxidation sites excluding steroid dienone is 2. The lowest BCUT2D eigenvalue weighted by Gasteiger charge is -2.38. The molecule has 5 rings (SSSR count). The van der Waals surface area contributed by atoms with Gasteiger partial charge < -0.3 is 15.3 Å². The van der Waals surface area contributed by atoms with Crippen LogP contribution in [-0.2, 0) is 21.4 Å². The molecule has 1 fully saturated rings. The molecule has 1 aromatic carbocycles. The van der Waals surface area contributed by atoms with E-state index in [1.807, 2.05) is 42.7 Å². The number of hydrogen-bond acceptors (Lipinski definition) is 6. The topological polar surface area (TPSA) is 112 Å². The molecule has 2 amide bonds. The molecule has 0 bridgehead atoms. The maximum Gasteiger partial charge on any atom is 0.310 e. The molecule has 0 radical (unpaired) electrons. The molecule has 1 aliphatic heterocycles. The lowest BCUT2D eigenvalue weighted by Crippen LogP contribution is -2.59. The summed E-state index contributed by atoms with van der Waals surface area (Å²) in [6, 6.07) is 10.7. The predicted molar refractivity (Wildman–Crippen MR) is 183 cm³/mol. The quantitative estimate of drug-likeness (QED) is 0.203. The van der Waals surface area contributed by atoms with Crippen LogP contribution in [0, 0.1) is 11.8 Å². The van der Waals surface area contributed by atoms with E-state index in [9.17, 15) is 19.5 Å². The Hall–Kier alpha value is -3.85. The van der Waals surface area contributed by atoms with Crippen LogP contribution in [0.15, 0.2) is 54.9 Å². The monoisotopic (exact) mass is 642 g/mol. The normalized spacial score (nSPS) is 17.6. The molecule has 244 valence electrons. The Bertz CT molecular complexity index is 1550. The van der Waals surface area contributed by atoms with Crippen LogP contribution in [0.25, 0.3) is 17.0 Å². The van der Waals surface area contributed by atoms with Crippen LogP contribution in [-0.4, -0.2) is 56.9 Å². The van der Waals surface area contributed by atoms with E-state index < -0.39 is 17.9 Å². The lowest BCUT2D eigenvalue weighted by atomic mass is 9.84. The molecule has 8 nitrogen and oxygen atoms in total. The Morgan fingerprint density at radius 3 is 2.33 bits per heavy atom. The minimum atomic E-state index is -0.911. The van der Waals surface area contributed by atoms with E-state index in [-0.39, 0.29) is 36.7 Å². The number of unbranched alkanes of at least 4 members (excludes halogenated alkanes) is 2. The van der Waals surface area contributed by atoms with Gasteiger partial charge in [-0.1, -0.05) is 83.7 Å². The molecule has 1 aliphatic carbocycles. The summed E-state index contributed by atoms with van der Waals surface area (Å²) in [5.74, 6) is -0.630. The highest BCUT2D eigenvalue weighted by molar-refractivity contribution is 7.14. The fourth-order valence-electron chi connectivity index (χ4n) is 6.09. The molecule has 3 aromatic rings. The number of carbonyl (C=O) groups is 3. The Morgan fingerprint density at radius 2 is 1.74 bits per heavy atom. The molecule has 2 aliphatic rings. The summed E-state index contributed by atoms with van der Waals surface area (Å²) in [6.07, 6.45) is 15.1. The van der Waals surface area contributed by atoms with Crippen LogP contribution in [0.3, 0.4) is 0 Å². The number of hydrogen-bond donors (Lipinski definition) is 2. The van der Waals surface area contributed by atoms with Gasteiger partial charge in [0.25, 0.3) is 5.91 Å². The van der Waals surface area contributed by atoms with Crippen LogP contribution in [0.2, 0.25) is 0 Å². The van der Waals surface area contributed by atoms with E-state index in [4.69, 9.17) is 0 Å². The minimum absolute atomic E-state index is 0.0853. The van der Waals surface area contributed by atoms with Crippen molar-refractivity contribution in [1.29, 1.82) is 0 Å². The van der Waals surface area contributed by atoms with E-state index in [1.54, 1.807) is 6.07 Å². The van der Waals surface area contributed by atoms with Gasteiger partial charge in [0.1, 0.15) is 6.04 Å². The number of nitrogens with one attached hydrogen (secondary N) is 1. The fraction of sp³-hybridized carbons (Fsp3) is 0.486. The largest absolute Gasteiger partial charge is 0.481 e. The molecule has 0 saturated carbocycles. The maximum atomic E-state index is 13.5. The van der Waals surface area contributed by atoms with Gasteiger partial charge in [0, 0.05) is 47.9 Å².